The van der Waals surface area contributed by atoms with E-state index in [2.05, 4.69) is 0 Å². The number of aromatic nitrogens is 1. The molecule has 206 valence electrons. The third-order valence-corrected chi connectivity index (χ3v) is 7.76. The predicted octanol–water partition coefficient (Wildman–Crippen LogP) is 6.90. The van der Waals surface area contributed by atoms with Crippen LogP contribution in [0.3, 0.4) is 0 Å². The second kappa shape index (κ2) is 11.2. The number of hydrogen-bond acceptors (Lipinski definition) is 5. The van der Waals surface area contributed by atoms with Crippen LogP contribution in [-0.2, 0) is 16.1 Å². The highest BCUT2D eigenvalue weighted by Crippen LogP contribution is 2.46. The number of halogens is 2. The van der Waals surface area contributed by atoms with Gasteiger partial charge in [-0.3, -0.25) is 4.79 Å². The van der Waals surface area contributed by atoms with E-state index in [4.69, 9.17) is 19.2 Å². The minimum atomic E-state index is -0.936. The average Bonchev–Trinajstić information content (AvgIpc) is 2.95. The smallest absolute Gasteiger partial charge is 0.306 e. The van der Waals surface area contributed by atoms with Gasteiger partial charge in [0.15, 0.2) is 11.6 Å². The van der Waals surface area contributed by atoms with Gasteiger partial charge in [0.25, 0.3) is 0 Å². The molecular weight excluding hydrogens is 516 g/mol. The first-order chi connectivity index (χ1) is 19.5. The SMILES string of the molecule is O=C(O)[C@H]1C[C@H](Oc2nc(C3CCOCC3)c(-c3ccc(F)c(F)c3)c3cccc(OCc4ccccc4)c23)C1. The Labute approximate surface area is 230 Å². The molecule has 1 saturated heterocycles. The number of aliphatic carboxylic acids is 1. The number of carboxylic acids is 1. The van der Waals surface area contributed by atoms with Crippen LogP contribution in [0.2, 0.25) is 0 Å². The summed E-state index contributed by atoms with van der Waals surface area (Å²) in [5.74, 6) is -2.21. The molecular formula is C32H29F2NO5. The van der Waals surface area contributed by atoms with Crippen molar-refractivity contribution < 1.29 is 32.9 Å². The van der Waals surface area contributed by atoms with Gasteiger partial charge in [0.05, 0.1) is 17.0 Å². The lowest BCUT2D eigenvalue weighted by atomic mass is 9.82. The first-order valence-corrected chi connectivity index (χ1v) is 13.5. The summed E-state index contributed by atoms with van der Waals surface area (Å²) in [5, 5.41) is 10.7. The van der Waals surface area contributed by atoms with Crippen LogP contribution < -0.4 is 9.47 Å². The largest absolute Gasteiger partial charge is 0.488 e. The molecule has 40 heavy (non-hydrogen) atoms. The zero-order valence-electron chi connectivity index (χ0n) is 21.8. The van der Waals surface area contributed by atoms with Crippen molar-refractivity contribution in [2.75, 3.05) is 13.2 Å². The molecule has 0 unspecified atom stereocenters. The fourth-order valence-electron chi connectivity index (χ4n) is 5.50. The first kappa shape index (κ1) is 26.2. The minimum absolute atomic E-state index is 0.0191. The van der Waals surface area contributed by atoms with E-state index in [0.29, 0.717) is 60.8 Å². The van der Waals surface area contributed by atoms with Crippen LogP contribution in [-0.4, -0.2) is 35.4 Å². The molecule has 1 aliphatic heterocycles. The Bertz CT molecular complexity index is 1530. The Morgan fingerprint density at radius 2 is 1.75 bits per heavy atom. The summed E-state index contributed by atoms with van der Waals surface area (Å²) in [5.41, 5.74) is 2.93. The van der Waals surface area contributed by atoms with E-state index in [-0.39, 0.29) is 12.0 Å². The summed E-state index contributed by atoms with van der Waals surface area (Å²) in [7, 11) is 0. The van der Waals surface area contributed by atoms with E-state index in [1.807, 2.05) is 48.5 Å². The number of nitrogens with zero attached hydrogens (tertiary/aromatic N) is 1. The fraction of sp³-hybridized carbons (Fsp3) is 0.312. The Morgan fingerprint density at radius 3 is 2.48 bits per heavy atom. The minimum Gasteiger partial charge on any atom is -0.488 e. The van der Waals surface area contributed by atoms with Crippen LogP contribution >= 0.6 is 0 Å². The Hall–Kier alpha value is -4.04. The van der Waals surface area contributed by atoms with Crippen molar-refractivity contribution in [1.82, 2.24) is 4.98 Å². The number of benzene rings is 3. The highest BCUT2D eigenvalue weighted by Gasteiger charge is 2.37. The second-order valence-corrected chi connectivity index (χ2v) is 10.4. The molecule has 2 aliphatic rings. The van der Waals surface area contributed by atoms with Gasteiger partial charge in [0.1, 0.15) is 18.5 Å². The summed E-state index contributed by atoms with van der Waals surface area (Å²) in [4.78, 5) is 16.5. The standard InChI is InChI=1S/C32H29F2NO5/c33-25-10-9-21(17-26(25)34)28-24-7-4-8-27(39-18-19-5-2-1-3-6-19)29(24)31(40-23-15-22(16-23)32(36)37)35-30(28)20-11-13-38-14-12-20/h1-10,17,20,22-23H,11-16,18H2,(H,36,37)/t22-,23-. The summed E-state index contributed by atoms with van der Waals surface area (Å²) >= 11 is 0. The Morgan fingerprint density at radius 1 is 0.975 bits per heavy atom. The van der Waals surface area contributed by atoms with Crippen molar-refractivity contribution in [2.24, 2.45) is 5.92 Å². The van der Waals surface area contributed by atoms with Crippen molar-refractivity contribution in [3.05, 3.63) is 89.6 Å². The van der Waals surface area contributed by atoms with E-state index < -0.39 is 23.5 Å². The van der Waals surface area contributed by atoms with Crippen LogP contribution in [0.1, 0.15) is 42.9 Å². The van der Waals surface area contributed by atoms with Crippen molar-refractivity contribution in [1.29, 1.82) is 0 Å². The monoisotopic (exact) mass is 545 g/mol. The van der Waals surface area contributed by atoms with Crippen molar-refractivity contribution in [2.45, 2.75) is 44.3 Å². The van der Waals surface area contributed by atoms with E-state index in [1.165, 1.54) is 6.07 Å². The van der Waals surface area contributed by atoms with Gasteiger partial charge in [-0.2, -0.15) is 0 Å². The maximum Gasteiger partial charge on any atom is 0.306 e. The quantitative estimate of drug-likeness (QED) is 0.260. The number of hydrogen-bond donors (Lipinski definition) is 1. The molecule has 0 atom stereocenters. The molecule has 1 N–H and O–H groups in total. The third-order valence-electron chi connectivity index (χ3n) is 7.76. The fourth-order valence-corrected chi connectivity index (χ4v) is 5.50. The van der Waals surface area contributed by atoms with Gasteiger partial charge >= 0.3 is 5.97 Å². The summed E-state index contributed by atoms with van der Waals surface area (Å²) in [6.45, 7) is 1.45. The normalized spacial score (nSPS) is 19.2. The second-order valence-electron chi connectivity index (χ2n) is 10.4. The molecule has 0 radical (unpaired) electrons. The van der Waals surface area contributed by atoms with E-state index in [0.717, 1.165) is 35.6 Å². The van der Waals surface area contributed by atoms with Crippen LogP contribution in [0.4, 0.5) is 8.78 Å². The van der Waals surface area contributed by atoms with Gasteiger partial charge in [-0.1, -0.05) is 48.5 Å². The van der Waals surface area contributed by atoms with Gasteiger partial charge in [0, 0.05) is 30.1 Å². The van der Waals surface area contributed by atoms with Crippen molar-refractivity contribution in [3.63, 3.8) is 0 Å². The predicted molar refractivity (Wildman–Crippen MR) is 145 cm³/mol. The number of ether oxygens (including phenoxy) is 3. The maximum absolute atomic E-state index is 14.5. The van der Waals surface area contributed by atoms with Gasteiger partial charge in [0.2, 0.25) is 5.88 Å². The molecule has 2 fully saturated rings. The summed E-state index contributed by atoms with van der Waals surface area (Å²) in [6.07, 6.45) is 1.94. The zero-order chi connectivity index (χ0) is 27.6. The van der Waals surface area contributed by atoms with E-state index in [1.54, 1.807) is 6.07 Å². The molecule has 6 rings (SSSR count). The highest BCUT2D eigenvalue weighted by atomic mass is 19.2. The number of pyridine rings is 1. The molecule has 0 amide bonds. The van der Waals surface area contributed by atoms with Crippen molar-refractivity contribution in [3.8, 4) is 22.8 Å². The molecule has 0 spiro atoms. The number of carbonyl (C=O) groups is 1. The van der Waals surface area contributed by atoms with E-state index in [9.17, 15) is 18.7 Å². The lowest BCUT2D eigenvalue weighted by Crippen LogP contribution is -2.38. The zero-order valence-corrected chi connectivity index (χ0v) is 21.8. The summed E-state index contributed by atoms with van der Waals surface area (Å²) in [6, 6.07) is 19.3. The number of carboxylic acid groups (broad SMARTS) is 1. The van der Waals surface area contributed by atoms with E-state index >= 15 is 0 Å². The highest BCUT2D eigenvalue weighted by molar-refractivity contribution is 6.03. The molecule has 2 heterocycles. The van der Waals surface area contributed by atoms with Crippen molar-refractivity contribution >= 4 is 16.7 Å². The maximum atomic E-state index is 14.5. The topological polar surface area (TPSA) is 77.9 Å². The van der Waals surface area contributed by atoms with Gasteiger partial charge in [-0.05, 0) is 55.0 Å². The lowest BCUT2D eigenvalue weighted by Gasteiger charge is -2.33. The van der Waals surface area contributed by atoms with Gasteiger partial charge < -0.3 is 19.3 Å². The molecule has 0 bridgehead atoms. The molecule has 1 saturated carbocycles. The number of fused-ring (bicyclic) bond motifs is 1. The van der Waals surface area contributed by atoms with Crippen LogP contribution in [0.25, 0.3) is 21.9 Å². The first-order valence-electron chi connectivity index (χ1n) is 13.5. The molecule has 6 nitrogen and oxygen atoms in total. The average molecular weight is 546 g/mol. The molecule has 8 heteroatoms. The Kier molecular flexibility index (Phi) is 7.34. The number of rotatable bonds is 8. The summed E-state index contributed by atoms with van der Waals surface area (Å²) < 4.78 is 46.7. The molecule has 1 aromatic heterocycles. The van der Waals surface area contributed by atoms with Gasteiger partial charge in [-0.25, -0.2) is 13.8 Å². The Balaban J connectivity index is 1.51. The molecule has 4 aromatic rings. The molecule has 3 aromatic carbocycles. The van der Waals surface area contributed by atoms with Crippen LogP contribution in [0.5, 0.6) is 11.6 Å². The van der Waals surface area contributed by atoms with Crippen LogP contribution in [0.15, 0.2) is 66.7 Å². The molecule has 1 aliphatic carbocycles. The van der Waals surface area contributed by atoms with Crippen LogP contribution in [0, 0.1) is 17.6 Å². The third kappa shape index (κ3) is 5.23. The van der Waals surface area contributed by atoms with Gasteiger partial charge in [-0.15, -0.1) is 0 Å². The lowest BCUT2D eigenvalue weighted by molar-refractivity contribution is -0.148.